The van der Waals surface area contributed by atoms with Gasteiger partial charge in [0, 0.05) is 34.0 Å². The molecule has 3 heterocycles. The summed E-state index contributed by atoms with van der Waals surface area (Å²) in [6, 6.07) is 8.90. The van der Waals surface area contributed by atoms with Gasteiger partial charge in [0.05, 0.1) is 11.7 Å². The topological polar surface area (TPSA) is 103 Å². The molecule has 0 aliphatic carbocycles. The van der Waals surface area contributed by atoms with Crippen LogP contribution in [0.15, 0.2) is 47.8 Å². The average Bonchev–Trinajstić information content (AvgIpc) is 3.07. The zero-order valence-corrected chi connectivity index (χ0v) is 14.8. The molecule has 0 bridgehead atoms. The highest BCUT2D eigenvalue weighted by atomic mass is 19.1. The van der Waals surface area contributed by atoms with Gasteiger partial charge in [-0.25, -0.2) is 8.78 Å². The quantitative estimate of drug-likeness (QED) is 0.448. The van der Waals surface area contributed by atoms with E-state index in [4.69, 9.17) is 0 Å². The minimum Gasteiger partial charge on any atom is -0.503 e. The average molecular weight is 393 g/mol. The fourth-order valence-electron chi connectivity index (χ4n) is 3.84. The molecule has 0 radical (unpaired) electrons. The molecule has 4 aromatic rings. The van der Waals surface area contributed by atoms with Crippen molar-refractivity contribution in [2.45, 2.75) is 12.6 Å². The summed E-state index contributed by atoms with van der Waals surface area (Å²) in [5.74, 6) is -3.12. The van der Waals surface area contributed by atoms with Crippen LogP contribution in [0.2, 0.25) is 0 Å². The minimum absolute atomic E-state index is 0.162. The number of nitrogens with one attached hydrogen (secondary N) is 2. The van der Waals surface area contributed by atoms with Gasteiger partial charge in [0.15, 0.2) is 23.0 Å². The fraction of sp³-hybridized carbons (Fsp3) is 0.100. The Kier molecular flexibility index (Phi) is 3.76. The molecule has 0 spiro atoms. The number of rotatable bonds is 3. The number of nitroso groups, excluding NO2 is 1. The Morgan fingerprint density at radius 3 is 2.66 bits per heavy atom. The smallest absolute Gasteiger partial charge is 0.187 e. The number of phenols is 1. The maximum Gasteiger partial charge on any atom is 0.187 e. The number of aromatic hydroxyl groups is 1. The van der Waals surface area contributed by atoms with Gasteiger partial charge in [-0.05, 0) is 23.8 Å². The minimum atomic E-state index is -1.05. The van der Waals surface area contributed by atoms with Gasteiger partial charge in [0.25, 0.3) is 0 Å². The Balaban J connectivity index is 1.85. The van der Waals surface area contributed by atoms with E-state index in [2.05, 4.69) is 25.7 Å². The van der Waals surface area contributed by atoms with Gasteiger partial charge in [-0.15, -0.1) is 5.10 Å². The lowest BCUT2D eigenvalue weighted by Crippen LogP contribution is -2.12. The highest BCUT2D eigenvalue weighted by molar-refractivity contribution is 6.02. The van der Waals surface area contributed by atoms with Crippen molar-refractivity contribution >= 4 is 16.7 Å². The van der Waals surface area contributed by atoms with Crippen molar-refractivity contribution < 1.29 is 13.9 Å². The second-order valence-corrected chi connectivity index (χ2v) is 6.73. The van der Waals surface area contributed by atoms with E-state index in [9.17, 15) is 18.8 Å². The first-order chi connectivity index (χ1) is 14.1. The van der Waals surface area contributed by atoms with E-state index in [0.29, 0.717) is 33.5 Å². The first-order valence-electron chi connectivity index (χ1n) is 8.78. The number of benzene rings is 2. The summed E-state index contributed by atoms with van der Waals surface area (Å²) in [7, 11) is 0. The van der Waals surface area contributed by atoms with Crippen LogP contribution in [0.4, 0.5) is 14.5 Å². The summed E-state index contributed by atoms with van der Waals surface area (Å²) in [4.78, 5) is 14.0. The van der Waals surface area contributed by atoms with Gasteiger partial charge in [0.1, 0.15) is 6.54 Å². The molecular formula is C20H13F2N5O2. The summed E-state index contributed by atoms with van der Waals surface area (Å²) < 4.78 is 28.1. The number of anilines is 1. The molecular weight excluding hydrogens is 380 g/mol. The largest absolute Gasteiger partial charge is 0.503 e. The summed E-state index contributed by atoms with van der Waals surface area (Å²) in [6.07, 6.45) is 1.69. The van der Waals surface area contributed by atoms with E-state index >= 15 is 0 Å². The molecule has 0 saturated heterocycles. The number of fused-ring (bicyclic) bond motifs is 2. The summed E-state index contributed by atoms with van der Waals surface area (Å²) in [6.45, 7) is -0.162. The van der Waals surface area contributed by atoms with Gasteiger partial charge in [-0.1, -0.05) is 23.4 Å². The second kappa shape index (κ2) is 6.33. The van der Waals surface area contributed by atoms with Crippen molar-refractivity contribution in [3.63, 3.8) is 0 Å². The summed E-state index contributed by atoms with van der Waals surface area (Å²) in [5.41, 5.74) is 4.01. The zero-order valence-electron chi connectivity index (χ0n) is 14.8. The van der Waals surface area contributed by atoms with E-state index < -0.39 is 23.4 Å². The number of para-hydroxylation sites is 1. The van der Waals surface area contributed by atoms with Crippen LogP contribution in [0.3, 0.4) is 0 Å². The van der Waals surface area contributed by atoms with Gasteiger partial charge in [0.2, 0.25) is 0 Å². The number of phenolic OH excluding ortho intramolecular Hbond substituents is 1. The lowest BCUT2D eigenvalue weighted by atomic mass is 9.95. The Hall–Kier alpha value is -3.88. The Morgan fingerprint density at radius 2 is 1.90 bits per heavy atom. The van der Waals surface area contributed by atoms with Gasteiger partial charge < -0.3 is 15.4 Å². The van der Waals surface area contributed by atoms with Crippen LogP contribution in [0.5, 0.6) is 5.75 Å². The number of aromatic nitrogens is 3. The molecule has 9 heteroatoms. The van der Waals surface area contributed by atoms with E-state index in [-0.39, 0.29) is 12.1 Å². The number of hydrogen-bond acceptors (Lipinski definition) is 6. The molecule has 2 aromatic carbocycles. The molecule has 1 atom stereocenters. The van der Waals surface area contributed by atoms with Crippen LogP contribution >= 0.6 is 0 Å². The molecule has 0 amide bonds. The first-order valence-corrected chi connectivity index (χ1v) is 8.78. The van der Waals surface area contributed by atoms with Crippen molar-refractivity contribution in [2.75, 3.05) is 5.32 Å². The molecule has 0 fully saturated rings. The third kappa shape index (κ3) is 2.54. The lowest BCUT2D eigenvalue weighted by Gasteiger charge is -2.20. The number of H-pyrrole nitrogens is 1. The molecule has 2 aromatic heterocycles. The maximum absolute atomic E-state index is 14.1. The molecule has 29 heavy (non-hydrogen) atoms. The zero-order chi connectivity index (χ0) is 20.1. The predicted octanol–water partition coefficient (Wildman–Crippen LogP) is 4.39. The van der Waals surface area contributed by atoms with Crippen molar-refractivity contribution in [3.05, 3.63) is 76.0 Å². The summed E-state index contributed by atoms with van der Waals surface area (Å²) >= 11 is 0. The molecule has 1 aliphatic rings. The van der Waals surface area contributed by atoms with Crippen molar-refractivity contribution in [3.8, 4) is 16.9 Å². The van der Waals surface area contributed by atoms with Crippen molar-refractivity contribution in [1.29, 1.82) is 0 Å². The van der Waals surface area contributed by atoms with Gasteiger partial charge >= 0.3 is 0 Å². The van der Waals surface area contributed by atoms with Crippen LogP contribution in [0.1, 0.15) is 22.9 Å². The van der Waals surface area contributed by atoms with Crippen LogP contribution in [-0.4, -0.2) is 20.3 Å². The van der Waals surface area contributed by atoms with Crippen LogP contribution in [0, 0.1) is 16.5 Å². The maximum atomic E-state index is 14.1. The molecule has 3 N–H and O–H groups in total. The Bertz CT molecular complexity index is 1260. The highest BCUT2D eigenvalue weighted by Crippen LogP contribution is 2.45. The first kappa shape index (κ1) is 17.2. The van der Waals surface area contributed by atoms with Gasteiger partial charge in [-0.3, -0.25) is 0 Å². The van der Waals surface area contributed by atoms with Crippen LogP contribution in [0.25, 0.3) is 22.2 Å². The Labute approximate surface area is 162 Å². The molecule has 5 rings (SSSR count). The SMILES string of the molecule is O=NCc1nnc2[nH]cc3c2c1-c1ccccc1NC3c1cc(F)c(O)c(F)c1. The summed E-state index contributed by atoms with van der Waals surface area (Å²) in [5, 5.41) is 24.7. The standard InChI is InChI=1S/C20H13F2N5O2/c21-12-5-9(6-13(22)19(12)28)18-11-7-23-20-17(11)16(15(8-24-29)26-27-20)10-3-1-2-4-14(10)25-18/h1-7,18,25,28H,8H2,(H,23,27). The molecule has 1 unspecified atom stereocenters. The fourth-order valence-corrected chi connectivity index (χ4v) is 3.84. The van der Waals surface area contributed by atoms with E-state index in [1.807, 2.05) is 24.3 Å². The van der Waals surface area contributed by atoms with E-state index in [1.54, 1.807) is 6.20 Å². The second-order valence-electron chi connectivity index (χ2n) is 6.73. The molecule has 0 saturated carbocycles. The van der Waals surface area contributed by atoms with Crippen LogP contribution in [-0.2, 0) is 6.54 Å². The third-order valence-corrected chi connectivity index (χ3v) is 5.09. The Morgan fingerprint density at radius 1 is 1.14 bits per heavy atom. The lowest BCUT2D eigenvalue weighted by molar-refractivity contribution is 0.395. The number of hydrogen-bond donors (Lipinski definition) is 3. The van der Waals surface area contributed by atoms with Gasteiger partial charge in [-0.2, -0.15) is 10.0 Å². The third-order valence-electron chi connectivity index (χ3n) is 5.09. The number of aromatic amines is 1. The van der Waals surface area contributed by atoms with E-state index in [1.165, 1.54) is 0 Å². The molecule has 7 nitrogen and oxygen atoms in total. The number of halogens is 2. The van der Waals surface area contributed by atoms with Crippen molar-refractivity contribution in [1.82, 2.24) is 15.2 Å². The highest BCUT2D eigenvalue weighted by Gasteiger charge is 2.29. The van der Waals surface area contributed by atoms with E-state index in [0.717, 1.165) is 17.7 Å². The predicted molar refractivity (Wildman–Crippen MR) is 102 cm³/mol. The number of nitrogens with zero attached hydrogens (tertiary/aromatic N) is 3. The van der Waals surface area contributed by atoms with Crippen LogP contribution < -0.4 is 5.32 Å². The molecule has 1 aliphatic heterocycles. The molecule has 144 valence electrons. The normalized spacial score (nSPS) is 14.9. The monoisotopic (exact) mass is 393 g/mol. The van der Waals surface area contributed by atoms with Crippen molar-refractivity contribution in [2.24, 2.45) is 5.18 Å².